The molecule has 0 radical (unpaired) electrons. The highest BCUT2D eigenvalue weighted by Gasteiger charge is 2.32. The smallest absolute Gasteiger partial charge is 0.0176 e. The summed E-state index contributed by atoms with van der Waals surface area (Å²) in [6.45, 7) is 11.8. The first kappa shape index (κ1) is 15.5. The summed E-state index contributed by atoms with van der Waals surface area (Å²) in [4.78, 5) is 2.65. The van der Waals surface area contributed by atoms with Crippen LogP contribution in [0.3, 0.4) is 0 Å². The van der Waals surface area contributed by atoms with E-state index in [0.717, 1.165) is 13.1 Å². The minimum atomic E-state index is 0.192. The van der Waals surface area contributed by atoms with E-state index in [9.17, 15) is 0 Å². The minimum Gasteiger partial charge on any atom is -0.319 e. The molecule has 1 fully saturated rings. The summed E-state index contributed by atoms with van der Waals surface area (Å²) in [5.74, 6) is 0. The molecule has 1 saturated heterocycles. The molecule has 0 spiro atoms. The molecule has 2 heteroatoms. The van der Waals surface area contributed by atoms with Crippen LogP contribution in [0.2, 0.25) is 0 Å². The molecule has 1 aliphatic heterocycles. The zero-order chi connectivity index (χ0) is 14.6. The fourth-order valence-corrected chi connectivity index (χ4v) is 3.29. The topological polar surface area (TPSA) is 15.3 Å². The van der Waals surface area contributed by atoms with Crippen molar-refractivity contribution in [3.63, 3.8) is 0 Å². The van der Waals surface area contributed by atoms with Crippen LogP contribution in [-0.2, 0) is 5.41 Å². The maximum absolute atomic E-state index is 3.39. The first-order valence-electron chi connectivity index (χ1n) is 7.88. The quantitative estimate of drug-likeness (QED) is 0.886. The molecule has 2 nitrogen and oxygen atoms in total. The Balaban J connectivity index is 2.06. The molecule has 1 aromatic rings. The molecule has 1 N–H and O–H groups in total. The summed E-state index contributed by atoms with van der Waals surface area (Å²) >= 11 is 0. The maximum Gasteiger partial charge on any atom is 0.0176 e. The third-order valence-electron chi connectivity index (χ3n) is 4.82. The van der Waals surface area contributed by atoms with Crippen molar-refractivity contribution in [2.24, 2.45) is 5.41 Å². The molecule has 0 aromatic heterocycles. The number of nitrogens with one attached hydrogen (secondary N) is 1. The van der Waals surface area contributed by atoms with Crippen LogP contribution in [0.5, 0.6) is 0 Å². The maximum atomic E-state index is 3.39. The van der Waals surface area contributed by atoms with Gasteiger partial charge in [0.1, 0.15) is 0 Å². The van der Waals surface area contributed by atoms with Gasteiger partial charge in [0.15, 0.2) is 0 Å². The van der Waals surface area contributed by atoms with Crippen molar-refractivity contribution in [3.8, 4) is 0 Å². The van der Waals surface area contributed by atoms with Gasteiger partial charge in [0.2, 0.25) is 0 Å². The number of likely N-dealkylation sites (N-methyl/N-ethyl adjacent to an activating group) is 1. The van der Waals surface area contributed by atoms with Gasteiger partial charge in [-0.3, -0.25) is 0 Å². The number of likely N-dealkylation sites (tertiary alicyclic amines) is 1. The zero-order valence-electron chi connectivity index (χ0n) is 13.6. The standard InChI is InChI=1S/C18H30N2/c1-17(2)10-12-20(13-11-17)15-18(3,14-19-4)16-8-6-5-7-9-16/h5-9,19H,10-15H2,1-4H3. The third-order valence-corrected chi connectivity index (χ3v) is 4.82. The summed E-state index contributed by atoms with van der Waals surface area (Å²) in [5, 5.41) is 3.39. The molecule has 20 heavy (non-hydrogen) atoms. The van der Waals surface area contributed by atoms with Crippen LogP contribution in [-0.4, -0.2) is 38.1 Å². The summed E-state index contributed by atoms with van der Waals surface area (Å²) in [6.07, 6.45) is 2.63. The average Bonchev–Trinajstić information content (AvgIpc) is 2.43. The summed E-state index contributed by atoms with van der Waals surface area (Å²) in [6, 6.07) is 11.0. The number of nitrogens with zero attached hydrogens (tertiary/aromatic N) is 1. The predicted octanol–water partition coefficient (Wildman–Crippen LogP) is 3.29. The van der Waals surface area contributed by atoms with Crippen molar-refractivity contribution >= 4 is 0 Å². The SMILES string of the molecule is CNCC(C)(CN1CCC(C)(C)CC1)c1ccccc1. The first-order chi connectivity index (χ1) is 9.45. The Labute approximate surface area is 124 Å². The zero-order valence-corrected chi connectivity index (χ0v) is 13.6. The highest BCUT2D eigenvalue weighted by molar-refractivity contribution is 5.25. The highest BCUT2D eigenvalue weighted by atomic mass is 15.1. The number of rotatable bonds is 5. The van der Waals surface area contributed by atoms with Gasteiger partial charge >= 0.3 is 0 Å². The summed E-state index contributed by atoms with van der Waals surface area (Å²) < 4.78 is 0. The molecule has 0 bridgehead atoms. The molecule has 112 valence electrons. The average molecular weight is 274 g/mol. The van der Waals surface area contributed by atoms with E-state index in [2.05, 4.69) is 68.4 Å². The molecule has 1 aliphatic rings. The van der Waals surface area contributed by atoms with Crippen molar-refractivity contribution in [1.82, 2.24) is 10.2 Å². The van der Waals surface area contributed by atoms with Gasteiger partial charge < -0.3 is 10.2 Å². The molecule has 0 saturated carbocycles. The Morgan fingerprint density at radius 1 is 1.15 bits per heavy atom. The van der Waals surface area contributed by atoms with Gasteiger partial charge in [0, 0.05) is 18.5 Å². The second-order valence-corrected chi connectivity index (χ2v) is 7.40. The number of hydrogen-bond donors (Lipinski definition) is 1. The van der Waals surface area contributed by atoms with Gasteiger partial charge in [-0.25, -0.2) is 0 Å². The van der Waals surface area contributed by atoms with Gasteiger partial charge in [-0.2, -0.15) is 0 Å². The highest BCUT2D eigenvalue weighted by Crippen LogP contribution is 2.32. The second-order valence-electron chi connectivity index (χ2n) is 7.40. The monoisotopic (exact) mass is 274 g/mol. The van der Waals surface area contributed by atoms with E-state index in [4.69, 9.17) is 0 Å². The van der Waals surface area contributed by atoms with E-state index in [1.807, 2.05) is 0 Å². The van der Waals surface area contributed by atoms with Crippen LogP contribution in [0.25, 0.3) is 0 Å². The van der Waals surface area contributed by atoms with Crippen LogP contribution in [0.4, 0.5) is 0 Å². The summed E-state index contributed by atoms with van der Waals surface area (Å²) in [5.41, 5.74) is 2.17. The lowest BCUT2D eigenvalue weighted by atomic mass is 9.79. The van der Waals surface area contributed by atoms with Crippen molar-refractivity contribution in [2.75, 3.05) is 33.2 Å². The molecule has 2 rings (SSSR count). The van der Waals surface area contributed by atoms with E-state index in [0.29, 0.717) is 5.41 Å². The van der Waals surface area contributed by atoms with Crippen molar-refractivity contribution in [3.05, 3.63) is 35.9 Å². The Morgan fingerprint density at radius 3 is 2.30 bits per heavy atom. The molecular weight excluding hydrogens is 244 g/mol. The lowest BCUT2D eigenvalue weighted by molar-refractivity contribution is 0.110. The van der Waals surface area contributed by atoms with E-state index in [1.165, 1.54) is 31.5 Å². The molecule has 0 aliphatic carbocycles. The van der Waals surface area contributed by atoms with Gasteiger partial charge in [-0.15, -0.1) is 0 Å². The molecule has 1 aromatic carbocycles. The first-order valence-corrected chi connectivity index (χ1v) is 7.88. The summed E-state index contributed by atoms with van der Waals surface area (Å²) in [7, 11) is 2.06. The molecule has 1 heterocycles. The van der Waals surface area contributed by atoms with E-state index >= 15 is 0 Å². The molecule has 0 amide bonds. The van der Waals surface area contributed by atoms with E-state index < -0.39 is 0 Å². The number of piperidine rings is 1. The molecule has 1 unspecified atom stereocenters. The largest absolute Gasteiger partial charge is 0.319 e. The lowest BCUT2D eigenvalue weighted by Crippen LogP contribution is -2.48. The van der Waals surface area contributed by atoms with Gasteiger partial charge in [0.25, 0.3) is 0 Å². The van der Waals surface area contributed by atoms with Crippen molar-refractivity contribution < 1.29 is 0 Å². The van der Waals surface area contributed by atoms with Crippen LogP contribution in [0.1, 0.15) is 39.2 Å². The second kappa shape index (κ2) is 6.28. The van der Waals surface area contributed by atoms with Crippen LogP contribution >= 0.6 is 0 Å². The fourth-order valence-electron chi connectivity index (χ4n) is 3.29. The Bertz CT molecular complexity index is 403. The number of benzene rings is 1. The van der Waals surface area contributed by atoms with E-state index in [1.54, 1.807) is 0 Å². The Morgan fingerprint density at radius 2 is 1.75 bits per heavy atom. The third kappa shape index (κ3) is 3.83. The van der Waals surface area contributed by atoms with Crippen molar-refractivity contribution in [2.45, 2.75) is 39.0 Å². The Hall–Kier alpha value is -0.860. The van der Waals surface area contributed by atoms with Crippen LogP contribution < -0.4 is 5.32 Å². The van der Waals surface area contributed by atoms with Gasteiger partial charge in [0.05, 0.1) is 0 Å². The Kier molecular flexibility index (Phi) is 4.87. The molecular formula is C18H30N2. The van der Waals surface area contributed by atoms with Crippen molar-refractivity contribution in [1.29, 1.82) is 0 Å². The lowest BCUT2D eigenvalue weighted by Gasteiger charge is -2.42. The number of hydrogen-bond acceptors (Lipinski definition) is 2. The van der Waals surface area contributed by atoms with Gasteiger partial charge in [-0.05, 0) is 44.0 Å². The van der Waals surface area contributed by atoms with Crippen LogP contribution in [0, 0.1) is 5.41 Å². The van der Waals surface area contributed by atoms with Crippen LogP contribution in [0.15, 0.2) is 30.3 Å². The minimum absolute atomic E-state index is 0.192. The normalized spacial score (nSPS) is 22.4. The molecule has 1 atom stereocenters. The fraction of sp³-hybridized carbons (Fsp3) is 0.667. The van der Waals surface area contributed by atoms with E-state index in [-0.39, 0.29) is 5.41 Å². The van der Waals surface area contributed by atoms with Gasteiger partial charge in [-0.1, -0.05) is 51.1 Å². The predicted molar refractivity (Wildman–Crippen MR) is 87.2 cm³/mol.